The van der Waals surface area contributed by atoms with Crippen molar-refractivity contribution in [3.63, 3.8) is 0 Å². The summed E-state index contributed by atoms with van der Waals surface area (Å²) < 4.78 is 9.60. The van der Waals surface area contributed by atoms with E-state index >= 15 is 0 Å². The lowest BCUT2D eigenvalue weighted by molar-refractivity contribution is 0.482. The molecular weight excluding hydrogens is 659 g/mol. The molecule has 2 heterocycles. The second kappa shape index (κ2) is 13.4. The molecule has 0 amide bonds. The van der Waals surface area contributed by atoms with Gasteiger partial charge in [-0.15, -0.1) is 0 Å². The second-order valence-electron chi connectivity index (χ2n) is 13.4. The number of para-hydroxylation sites is 4. The zero-order chi connectivity index (χ0) is 35.8. The largest absolute Gasteiger partial charge is 0.448 e. The highest BCUT2D eigenvalue weighted by molar-refractivity contribution is 6.03. The first-order valence-corrected chi connectivity index (χ1v) is 18.3. The van der Waals surface area contributed by atoms with Gasteiger partial charge in [-0.05, 0) is 95.1 Å². The highest BCUT2D eigenvalue weighted by atomic mass is 16.5. The van der Waals surface area contributed by atoms with E-state index in [2.05, 4.69) is 227 Å². The predicted molar refractivity (Wildman–Crippen MR) is 224 cm³/mol. The van der Waals surface area contributed by atoms with Crippen molar-refractivity contribution in [2.24, 2.45) is 0 Å². The molecule has 1 aliphatic heterocycles. The number of nitrogens with zero attached hydrogens (tertiary/aromatic N) is 3. The molecule has 256 valence electrons. The smallest absolute Gasteiger partial charge is 0.178 e. The van der Waals surface area contributed by atoms with Gasteiger partial charge in [0.15, 0.2) is 17.3 Å². The molecule has 10 rings (SSSR count). The number of hydrogen-bond acceptors (Lipinski definition) is 3. The Balaban J connectivity index is 1.19. The van der Waals surface area contributed by atoms with Crippen molar-refractivity contribution >= 4 is 45.2 Å². The van der Waals surface area contributed by atoms with Gasteiger partial charge in [0.2, 0.25) is 0 Å². The van der Waals surface area contributed by atoms with Crippen LogP contribution < -0.4 is 14.5 Å². The topological polar surface area (TPSA) is 20.6 Å². The van der Waals surface area contributed by atoms with Crippen LogP contribution in [-0.4, -0.2) is 4.57 Å². The van der Waals surface area contributed by atoms with Crippen LogP contribution >= 0.6 is 0 Å². The highest BCUT2D eigenvalue weighted by Crippen LogP contribution is 2.58. The zero-order valence-electron chi connectivity index (χ0n) is 29.5. The number of rotatable bonds is 7. The van der Waals surface area contributed by atoms with Gasteiger partial charge in [0.25, 0.3) is 0 Å². The molecule has 0 fully saturated rings. The number of ether oxygens (including phenoxy) is 1. The summed E-state index contributed by atoms with van der Waals surface area (Å²) in [5, 5.41) is 1.05. The van der Waals surface area contributed by atoms with E-state index in [0.29, 0.717) is 0 Å². The Hall–Kier alpha value is -7.30. The Morgan fingerprint density at radius 2 is 0.852 bits per heavy atom. The summed E-state index contributed by atoms with van der Waals surface area (Å²) in [6, 6.07) is 74.8. The molecular formula is C50H35N3O. The molecule has 0 N–H and O–H groups in total. The van der Waals surface area contributed by atoms with Gasteiger partial charge in [-0.1, -0.05) is 140 Å². The first-order chi connectivity index (χ1) is 26.8. The van der Waals surface area contributed by atoms with Gasteiger partial charge in [-0.3, -0.25) is 9.47 Å². The van der Waals surface area contributed by atoms with Crippen LogP contribution in [0.4, 0.5) is 34.3 Å². The Kier molecular flexibility index (Phi) is 7.77. The van der Waals surface area contributed by atoms with Crippen molar-refractivity contribution in [1.82, 2.24) is 4.57 Å². The molecule has 4 nitrogen and oxygen atoms in total. The van der Waals surface area contributed by atoms with Crippen LogP contribution in [0.2, 0.25) is 0 Å². The van der Waals surface area contributed by atoms with Gasteiger partial charge >= 0.3 is 0 Å². The third-order valence-electron chi connectivity index (χ3n) is 10.2. The van der Waals surface area contributed by atoms with E-state index < -0.39 is 0 Å². The predicted octanol–water partition coefficient (Wildman–Crippen LogP) is 14.0. The monoisotopic (exact) mass is 693 g/mol. The standard InChI is InChI=1S/C50H35N3O/c1-5-16-36(17-6-1)38-28-32-42(33-29-38)51(43-34-30-39(31-35-43)37-18-7-2-8-19-37)46-26-15-27-47-49(46)54-48-44-24-13-14-25-45(44)52(40-20-9-3-10-21-40)50(48)53(47)41-22-11-4-12-23-41/h1-35H. The second-order valence-corrected chi connectivity index (χ2v) is 13.4. The first-order valence-electron chi connectivity index (χ1n) is 18.3. The molecule has 0 saturated carbocycles. The minimum absolute atomic E-state index is 0.782. The number of benzene rings is 8. The summed E-state index contributed by atoms with van der Waals surface area (Å²) >= 11 is 0. The molecule has 0 spiro atoms. The van der Waals surface area contributed by atoms with Crippen molar-refractivity contribution in [3.05, 3.63) is 212 Å². The van der Waals surface area contributed by atoms with Crippen LogP contribution in [0.5, 0.6) is 11.5 Å². The molecule has 8 aromatic carbocycles. The van der Waals surface area contributed by atoms with Crippen molar-refractivity contribution in [2.45, 2.75) is 0 Å². The molecule has 4 heteroatoms. The first kappa shape index (κ1) is 31.4. The van der Waals surface area contributed by atoms with Gasteiger partial charge in [0.1, 0.15) is 0 Å². The fourth-order valence-corrected chi connectivity index (χ4v) is 7.66. The molecule has 0 radical (unpaired) electrons. The van der Waals surface area contributed by atoms with E-state index in [1.54, 1.807) is 0 Å². The lowest BCUT2D eigenvalue weighted by Gasteiger charge is -2.36. The minimum atomic E-state index is 0.782. The molecule has 0 bridgehead atoms. The van der Waals surface area contributed by atoms with Crippen LogP contribution in [-0.2, 0) is 0 Å². The maximum absolute atomic E-state index is 7.28. The third-order valence-corrected chi connectivity index (χ3v) is 10.2. The fourth-order valence-electron chi connectivity index (χ4n) is 7.66. The number of fused-ring (bicyclic) bond motifs is 4. The number of aromatic nitrogens is 1. The van der Waals surface area contributed by atoms with Crippen LogP contribution in [0.25, 0.3) is 38.8 Å². The Morgan fingerprint density at radius 3 is 1.43 bits per heavy atom. The lowest BCUT2D eigenvalue weighted by atomic mass is 10.0. The quantitative estimate of drug-likeness (QED) is 0.166. The number of hydrogen-bond donors (Lipinski definition) is 0. The van der Waals surface area contributed by atoms with Gasteiger partial charge < -0.3 is 9.64 Å². The van der Waals surface area contributed by atoms with Crippen LogP contribution in [0, 0.1) is 0 Å². The Bertz CT molecular complexity index is 2620. The lowest BCUT2D eigenvalue weighted by Crippen LogP contribution is -2.20. The maximum Gasteiger partial charge on any atom is 0.178 e. The number of anilines is 6. The van der Waals surface area contributed by atoms with Crippen molar-refractivity contribution < 1.29 is 4.74 Å². The van der Waals surface area contributed by atoms with Gasteiger partial charge in [0, 0.05) is 28.1 Å². The highest BCUT2D eigenvalue weighted by Gasteiger charge is 2.35. The SMILES string of the molecule is c1ccc(-c2ccc(N(c3ccc(-c4ccccc4)cc3)c3cccc4c3Oc3c(n(-c5ccccc5)c5ccccc35)N4c3ccccc3)cc2)cc1. The van der Waals surface area contributed by atoms with Crippen molar-refractivity contribution in [2.75, 3.05) is 9.80 Å². The molecule has 0 saturated heterocycles. The summed E-state index contributed by atoms with van der Waals surface area (Å²) in [4.78, 5) is 4.66. The van der Waals surface area contributed by atoms with E-state index in [0.717, 1.165) is 62.3 Å². The van der Waals surface area contributed by atoms with Crippen LogP contribution in [0.15, 0.2) is 212 Å². The van der Waals surface area contributed by atoms with Crippen molar-refractivity contribution in [3.8, 4) is 39.4 Å². The summed E-state index contributed by atoms with van der Waals surface area (Å²) in [6.45, 7) is 0. The summed E-state index contributed by atoms with van der Waals surface area (Å²) in [5.41, 5.74) is 11.8. The van der Waals surface area contributed by atoms with E-state index in [4.69, 9.17) is 4.74 Å². The van der Waals surface area contributed by atoms with Crippen molar-refractivity contribution in [1.29, 1.82) is 0 Å². The summed E-state index contributed by atoms with van der Waals surface area (Å²) in [6.07, 6.45) is 0. The summed E-state index contributed by atoms with van der Waals surface area (Å²) in [7, 11) is 0. The average molecular weight is 694 g/mol. The van der Waals surface area contributed by atoms with Crippen LogP contribution in [0.3, 0.4) is 0 Å². The molecule has 0 atom stereocenters. The molecule has 9 aromatic rings. The molecule has 0 unspecified atom stereocenters. The summed E-state index contributed by atoms with van der Waals surface area (Å²) in [5.74, 6) is 2.56. The van der Waals surface area contributed by atoms with Gasteiger partial charge in [0.05, 0.1) is 16.9 Å². The zero-order valence-corrected chi connectivity index (χ0v) is 29.5. The molecule has 1 aromatic heterocycles. The molecule has 54 heavy (non-hydrogen) atoms. The van der Waals surface area contributed by atoms with E-state index in [9.17, 15) is 0 Å². The molecule has 0 aliphatic carbocycles. The maximum atomic E-state index is 7.28. The average Bonchev–Trinajstić information content (AvgIpc) is 3.58. The normalized spacial score (nSPS) is 11.8. The van der Waals surface area contributed by atoms with E-state index in [-0.39, 0.29) is 0 Å². The van der Waals surface area contributed by atoms with Gasteiger partial charge in [-0.2, -0.15) is 0 Å². The Labute approximate surface area is 315 Å². The minimum Gasteiger partial charge on any atom is -0.448 e. The van der Waals surface area contributed by atoms with Crippen LogP contribution in [0.1, 0.15) is 0 Å². The fraction of sp³-hybridized carbons (Fsp3) is 0. The molecule has 1 aliphatic rings. The third kappa shape index (κ3) is 5.40. The van der Waals surface area contributed by atoms with E-state index in [1.807, 2.05) is 0 Å². The Morgan fingerprint density at radius 1 is 0.370 bits per heavy atom. The van der Waals surface area contributed by atoms with Gasteiger partial charge in [-0.25, -0.2) is 0 Å². The van der Waals surface area contributed by atoms with E-state index in [1.165, 1.54) is 22.3 Å².